The number of hydrogen-bond donors (Lipinski definition) is 1. The van der Waals surface area contributed by atoms with E-state index in [1.807, 2.05) is 0 Å². The average molecular weight is 326 g/mol. The van der Waals surface area contributed by atoms with E-state index in [2.05, 4.69) is 42.9 Å². The highest BCUT2D eigenvalue weighted by Gasteiger charge is 2.07. The van der Waals surface area contributed by atoms with Gasteiger partial charge in [-0.05, 0) is 28.7 Å². The molecule has 0 aliphatic heterocycles. The molecule has 0 atom stereocenters. The van der Waals surface area contributed by atoms with Crippen molar-refractivity contribution in [3.05, 3.63) is 46.3 Å². The molecule has 5 nitrogen and oxygen atoms in total. The lowest BCUT2D eigenvalue weighted by Gasteiger charge is -2.05. The van der Waals surface area contributed by atoms with Crippen LogP contribution in [0.4, 0.5) is 5.69 Å². The van der Waals surface area contributed by atoms with Crippen LogP contribution >= 0.6 is 22.6 Å². The minimum atomic E-state index is -0.232. The lowest BCUT2D eigenvalue weighted by molar-refractivity contribution is 0.102. The maximum atomic E-state index is 11.8. The van der Waals surface area contributed by atoms with Gasteiger partial charge in [0.05, 0.1) is 14.8 Å². The van der Waals surface area contributed by atoms with E-state index in [0.717, 1.165) is 9.26 Å². The number of carbonyl (C=O) groups excluding carboxylic acids is 1. The Morgan fingerprint density at radius 2 is 1.94 bits per heavy atom. The van der Waals surface area contributed by atoms with E-state index in [1.54, 1.807) is 18.5 Å². The Hall–Kier alpha value is -1.57. The molecule has 0 unspecified atom stereocenters. The summed E-state index contributed by atoms with van der Waals surface area (Å²) in [6.07, 6.45) is 7.62. The highest BCUT2D eigenvalue weighted by Crippen LogP contribution is 2.16. The molecule has 2 aromatic heterocycles. The second-order valence-electron chi connectivity index (χ2n) is 2.94. The predicted molar refractivity (Wildman–Crippen MR) is 66.9 cm³/mol. The zero-order valence-corrected chi connectivity index (χ0v) is 10.2. The molecule has 0 saturated heterocycles. The van der Waals surface area contributed by atoms with Crippen LogP contribution in [0, 0.1) is 3.57 Å². The van der Waals surface area contributed by atoms with Gasteiger partial charge in [-0.3, -0.25) is 9.78 Å². The van der Waals surface area contributed by atoms with Crippen LogP contribution in [0.2, 0.25) is 0 Å². The first kappa shape index (κ1) is 10.9. The van der Waals surface area contributed by atoms with E-state index in [4.69, 9.17) is 0 Å². The third-order valence-corrected chi connectivity index (χ3v) is 2.70. The summed E-state index contributed by atoms with van der Waals surface area (Å²) in [7, 11) is 0. The van der Waals surface area contributed by atoms with Gasteiger partial charge < -0.3 is 5.32 Å². The van der Waals surface area contributed by atoms with Crippen molar-refractivity contribution in [2.45, 2.75) is 0 Å². The largest absolute Gasteiger partial charge is 0.321 e. The van der Waals surface area contributed by atoms with E-state index in [0.29, 0.717) is 5.56 Å². The van der Waals surface area contributed by atoms with Crippen LogP contribution in [0.25, 0.3) is 0 Å². The summed E-state index contributed by atoms with van der Waals surface area (Å²) in [5.41, 5.74) is 1.15. The van der Waals surface area contributed by atoms with Crippen molar-refractivity contribution < 1.29 is 4.79 Å². The quantitative estimate of drug-likeness (QED) is 0.854. The number of anilines is 1. The molecule has 0 bridgehead atoms. The second-order valence-corrected chi connectivity index (χ2v) is 4.10. The van der Waals surface area contributed by atoms with E-state index in [-0.39, 0.29) is 5.91 Å². The van der Waals surface area contributed by atoms with Gasteiger partial charge in [0.2, 0.25) is 0 Å². The van der Waals surface area contributed by atoms with Gasteiger partial charge in [0.25, 0.3) is 5.91 Å². The summed E-state index contributed by atoms with van der Waals surface area (Å²) in [4.78, 5) is 23.3. The van der Waals surface area contributed by atoms with Gasteiger partial charge in [0.15, 0.2) is 0 Å². The topological polar surface area (TPSA) is 67.8 Å². The molecule has 0 saturated carbocycles. The Balaban J connectivity index is 2.18. The Labute approximate surface area is 105 Å². The fourth-order valence-corrected chi connectivity index (χ4v) is 1.56. The molecule has 0 aliphatic rings. The Bertz CT molecular complexity index is 503. The van der Waals surface area contributed by atoms with Gasteiger partial charge in [-0.1, -0.05) is 0 Å². The van der Waals surface area contributed by atoms with Gasteiger partial charge in [0.1, 0.15) is 6.33 Å². The lowest BCUT2D eigenvalue weighted by atomic mass is 10.3. The molecule has 0 radical (unpaired) electrons. The van der Waals surface area contributed by atoms with Crippen LogP contribution in [0.5, 0.6) is 0 Å². The second kappa shape index (κ2) is 4.97. The molecule has 80 valence electrons. The van der Waals surface area contributed by atoms with Gasteiger partial charge in [-0.2, -0.15) is 0 Å². The number of nitrogens with one attached hydrogen (secondary N) is 1. The normalized spacial score (nSPS) is 9.81. The summed E-state index contributed by atoms with van der Waals surface area (Å²) in [5, 5.41) is 2.76. The first-order valence-corrected chi connectivity index (χ1v) is 5.51. The van der Waals surface area contributed by atoms with Crippen molar-refractivity contribution in [3.63, 3.8) is 0 Å². The fourth-order valence-electron chi connectivity index (χ4n) is 1.09. The van der Waals surface area contributed by atoms with Crippen molar-refractivity contribution in [1.29, 1.82) is 0 Å². The summed E-state index contributed by atoms with van der Waals surface area (Å²) in [6, 6.07) is 1.74. The molecule has 0 aliphatic carbocycles. The average Bonchev–Trinajstić information content (AvgIpc) is 2.33. The van der Waals surface area contributed by atoms with E-state index in [9.17, 15) is 4.79 Å². The summed E-state index contributed by atoms with van der Waals surface area (Å²) >= 11 is 2.10. The summed E-state index contributed by atoms with van der Waals surface area (Å²) in [5.74, 6) is -0.232. The van der Waals surface area contributed by atoms with Crippen LogP contribution in [-0.4, -0.2) is 20.9 Å². The van der Waals surface area contributed by atoms with Gasteiger partial charge in [0, 0.05) is 24.8 Å². The lowest BCUT2D eigenvalue weighted by Crippen LogP contribution is -2.13. The number of halogens is 1. The third kappa shape index (κ3) is 2.51. The molecule has 0 spiro atoms. The van der Waals surface area contributed by atoms with Gasteiger partial charge >= 0.3 is 0 Å². The Morgan fingerprint density at radius 3 is 2.62 bits per heavy atom. The first-order valence-electron chi connectivity index (χ1n) is 4.43. The molecule has 16 heavy (non-hydrogen) atoms. The van der Waals surface area contributed by atoms with Gasteiger partial charge in [-0.15, -0.1) is 0 Å². The molecule has 1 N–H and O–H groups in total. The molecule has 2 heterocycles. The molecule has 2 rings (SSSR count). The van der Waals surface area contributed by atoms with E-state index >= 15 is 0 Å². The summed E-state index contributed by atoms with van der Waals surface area (Å²) < 4.78 is 0.880. The van der Waals surface area contributed by atoms with Crippen LogP contribution in [0.3, 0.4) is 0 Å². The molecule has 0 aromatic carbocycles. The van der Waals surface area contributed by atoms with E-state index in [1.165, 1.54) is 18.7 Å². The third-order valence-electron chi connectivity index (χ3n) is 1.84. The smallest absolute Gasteiger partial charge is 0.258 e. The number of aromatic nitrogens is 3. The standard InChI is InChI=1S/C10H7IN4O/c11-8-5-12-2-1-9(8)15-10(16)7-3-13-6-14-4-7/h1-6H,(H,12,15,16). The van der Waals surface area contributed by atoms with Crippen molar-refractivity contribution in [2.24, 2.45) is 0 Å². The van der Waals surface area contributed by atoms with E-state index < -0.39 is 0 Å². The van der Waals surface area contributed by atoms with Crippen molar-refractivity contribution in [1.82, 2.24) is 15.0 Å². The highest BCUT2D eigenvalue weighted by atomic mass is 127. The summed E-state index contributed by atoms with van der Waals surface area (Å²) in [6.45, 7) is 0. The number of carbonyl (C=O) groups is 1. The van der Waals surface area contributed by atoms with Crippen LogP contribution in [0.15, 0.2) is 37.2 Å². The van der Waals surface area contributed by atoms with Crippen LogP contribution in [0.1, 0.15) is 10.4 Å². The Kier molecular flexibility index (Phi) is 3.40. The zero-order chi connectivity index (χ0) is 11.4. The van der Waals surface area contributed by atoms with Crippen LogP contribution in [-0.2, 0) is 0 Å². The monoisotopic (exact) mass is 326 g/mol. The number of pyridine rings is 1. The molecule has 1 amide bonds. The predicted octanol–water partition coefficient (Wildman–Crippen LogP) is 1.73. The minimum absolute atomic E-state index is 0.232. The first-order chi connectivity index (χ1) is 7.77. The minimum Gasteiger partial charge on any atom is -0.321 e. The number of amides is 1. The number of rotatable bonds is 2. The number of nitrogens with zero attached hydrogens (tertiary/aromatic N) is 3. The molecular formula is C10H7IN4O. The zero-order valence-electron chi connectivity index (χ0n) is 8.09. The van der Waals surface area contributed by atoms with Crippen molar-refractivity contribution in [2.75, 3.05) is 5.32 Å². The highest BCUT2D eigenvalue weighted by molar-refractivity contribution is 14.1. The molecule has 2 aromatic rings. The van der Waals surface area contributed by atoms with Crippen molar-refractivity contribution in [3.8, 4) is 0 Å². The fraction of sp³-hybridized carbons (Fsp3) is 0. The van der Waals surface area contributed by atoms with Crippen LogP contribution < -0.4 is 5.32 Å². The van der Waals surface area contributed by atoms with Gasteiger partial charge in [-0.25, -0.2) is 9.97 Å². The Morgan fingerprint density at radius 1 is 1.19 bits per heavy atom. The maximum absolute atomic E-state index is 11.8. The maximum Gasteiger partial charge on any atom is 0.258 e. The van der Waals surface area contributed by atoms with Crippen molar-refractivity contribution >= 4 is 34.2 Å². The molecular weight excluding hydrogens is 319 g/mol. The molecule has 6 heteroatoms. The molecule has 0 fully saturated rings. The SMILES string of the molecule is O=C(Nc1ccncc1I)c1cncnc1. The number of hydrogen-bond acceptors (Lipinski definition) is 4.